The van der Waals surface area contributed by atoms with Crippen LogP contribution in [0.2, 0.25) is 0 Å². The van der Waals surface area contributed by atoms with Crippen molar-refractivity contribution >= 4 is 84.4 Å². The van der Waals surface area contributed by atoms with Gasteiger partial charge in [0.15, 0.2) is 0 Å². The average molecular weight is 1110 g/mol. The molecule has 0 spiro atoms. The molecule has 72 heavy (non-hydrogen) atoms. The van der Waals surface area contributed by atoms with Gasteiger partial charge < -0.3 is 38.2 Å². The number of benzene rings is 4. The molecule has 0 aliphatic carbocycles. The van der Waals surface area contributed by atoms with Gasteiger partial charge in [0, 0.05) is 49.1 Å². The first-order chi connectivity index (χ1) is 33.6. The largest absolute Gasteiger partial charge is 0.490 e. The zero-order chi connectivity index (χ0) is 52.8. The molecule has 0 N–H and O–H groups in total. The molecule has 1 saturated heterocycles. The Morgan fingerprint density at radius 2 is 1.01 bits per heavy atom. The maximum atomic E-state index is 12.5. The van der Waals surface area contributed by atoms with Crippen LogP contribution >= 0.6 is 31.9 Å². The molecule has 0 saturated carbocycles. The van der Waals surface area contributed by atoms with E-state index >= 15 is 0 Å². The van der Waals surface area contributed by atoms with Gasteiger partial charge in [0.1, 0.15) is 16.8 Å². The third-order valence-corrected chi connectivity index (χ3v) is 14.4. The van der Waals surface area contributed by atoms with E-state index in [2.05, 4.69) is 117 Å². The molecule has 0 radical (unpaired) electrons. The summed E-state index contributed by atoms with van der Waals surface area (Å²) in [6.07, 6.45) is 8.85. The summed E-state index contributed by atoms with van der Waals surface area (Å²) in [4.78, 5) is 42.2. The first-order valence-electron chi connectivity index (χ1n) is 25.2. The second-order valence-electron chi connectivity index (χ2n) is 22.9. The fraction of sp³-hybridized carbons (Fsp3) is 0.500. The maximum Gasteiger partial charge on any atom is 0.490 e. The van der Waals surface area contributed by atoms with Crippen molar-refractivity contribution in [1.29, 1.82) is 0 Å². The average Bonchev–Trinajstić information content (AvgIpc) is 3.53. The Morgan fingerprint density at radius 3 is 1.46 bits per heavy atom. The molecule has 8 rings (SSSR count). The predicted molar refractivity (Wildman–Crippen MR) is 299 cm³/mol. The highest BCUT2D eigenvalue weighted by molar-refractivity contribution is 9.10. The predicted octanol–water partition coefficient (Wildman–Crippen LogP) is 14.7. The Hall–Kier alpha value is -4.63. The van der Waals surface area contributed by atoms with Crippen LogP contribution in [0.25, 0.3) is 27.1 Å². The van der Waals surface area contributed by atoms with Gasteiger partial charge in [-0.3, -0.25) is 0 Å². The van der Waals surface area contributed by atoms with Gasteiger partial charge in [0.2, 0.25) is 0 Å². The molecule has 0 atom stereocenters. The SMILES string of the molecule is BrCc1ccc(Br)c2ccccc12.CC(C)(C)OC(=O)N1CC=C(B2OC(C)(C)C(C)(C)O2)CC1.CC(C)(C)OC(=O)N1CC=C(Cc2ccc(C3=CCN(C(=O)OC(C)(C)C)CC3)c3ccccc23)CC1. The van der Waals surface area contributed by atoms with Crippen LogP contribution in [-0.2, 0) is 35.3 Å². The summed E-state index contributed by atoms with van der Waals surface area (Å²) in [5.41, 5.74) is 5.49. The summed E-state index contributed by atoms with van der Waals surface area (Å²) < 4.78 is 29.7. The summed E-state index contributed by atoms with van der Waals surface area (Å²) in [7, 11) is -0.314. The quantitative estimate of drug-likeness (QED) is 0.0842. The molecule has 3 amide bonds. The van der Waals surface area contributed by atoms with Gasteiger partial charge in [-0.1, -0.05) is 122 Å². The second-order valence-corrected chi connectivity index (χ2v) is 24.3. The highest BCUT2D eigenvalue weighted by atomic mass is 79.9. The molecule has 1 fully saturated rings. The van der Waals surface area contributed by atoms with Crippen molar-refractivity contribution in [1.82, 2.24) is 14.7 Å². The van der Waals surface area contributed by atoms with E-state index in [1.54, 1.807) is 14.7 Å². The molecule has 0 unspecified atom stereocenters. The van der Waals surface area contributed by atoms with Gasteiger partial charge in [-0.2, -0.15) is 0 Å². The standard InChI is InChI=1S/C31H40N2O4.C16H28BNO4.C11H8Br2/c1-30(2,3)36-28(34)32-17-13-22(14-18-32)21-24-11-12-26(27-10-8-7-9-25(24)27)23-15-19-33(20-16-23)29(35)37-31(4,5)6;1-14(2,3)20-13(19)18-10-8-12(9-11-18)17-21-15(4,5)16(6,7)22-17;12-7-8-5-6-11(13)10-4-2-1-3-9(8)10/h7-13,15H,14,16-21H2,1-6H3;8H,9-11H2,1-7H3;1-6H,7H2. The topological polar surface area (TPSA) is 107 Å². The molecule has 11 nitrogen and oxygen atoms in total. The third kappa shape index (κ3) is 15.2. The lowest BCUT2D eigenvalue weighted by molar-refractivity contribution is 0.00578. The fourth-order valence-corrected chi connectivity index (χ4v) is 9.60. The van der Waals surface area contributed by atoms with Crippen molar-refractivity contribution in [2.45, 2.75) is 149 Å². The van der Waals surface area contributed by atoms with E-state index in [9.17, 15) is 14.4 Å². The maximum absolute atomic E-state index is 12.5. The Kier molecular flexibility index (Phi) is 18.3. The molecule has 4 heterocycles. The Bertz CT molecular complexity index is 2680. The highest BCUT2D eigenvalue weighted by Gasteiger charge is 2.52. The molecule has 0 aromatic heterocycles. The van der Waals surface area contributed by atoms with E-state index in [1.807, 2.05) is 96.1 Å². The lowest BCUT2D eigenvalue weighted by Crippen LogP contribution is -2.41. The van der Waals surface area contributed by atoms with Crippen LogP contribution < -0.4 is 0 Å². The summed E-state index contributed by atoms with van der Waals surface area (Å²) >= 11 is 7.03. The molecule has 4 aliphatic heterocycles. The molecular weight excluding hydrogens is 1040 g/mol. The number of nitrogens with zero attached hydrogens (tertiary/aromatic N) is 3. The highest BCUT2D eigenvalue weighted by Crippen LogP contribution is 2.40. The van der Waals surface area contributed by atoms with Gasteiger partial charge in [0.05, 0.1) is 11.2 Å². The summed E-state index contributed by atoms with van der Waals surface area (Å²) in [5, 5.41) is 5.99. The van der Waals surface area contributed by atoms with E-state index in [4.69, 9.17) is 23.5 Å². The number of amides is 3. The molecule has 14 heteroatoms. The van der Waals surface area contributed by atoms with Crippen LogP contribution in [0.4, 0.5) is 14.4 Å². The van der Waals surface area contributed by atoms with Crippen molar-refractivity contribution in [3.63, 3.8) is 0 Å². The third-order valence-electron chi connectivity index (χ3n) is 13.2. The number of fused-ring (bicyclic) bond motifs is 2. The number of hydrogen-bond acceptors (Lipinski definition) is 8. The van der Waals surface area contributed by atoms with Gasteiger partial charge in [-0.25, -0.2) is 14.4 Å². The molecule has 4 aromatic carbocycles. The fourth-order valence-electron chi connectivity index (χ4n) is 8.64. The monoisotopic (exact) mass is 1110 g/mol. The summed E-state index contributed by atoms with van der Waals surface area (Å²) in [5.74, 6) is 0. The minimum Gasteiger partial charge on any atom is -0.444 e. The van der Waals surface area contributed by atoms with E-state index in [0.29, 0.717) is 39.3 Å². The summed E-state index contributed by atoms with van der Waals surface area (Å²) in [6, 6.07) is 25.7. The van der Waals surface area contributed by atoms with Crippen LogP contribution in [0.5, 0.6) is 0 Å². The number of alkyl halides is 1. The van der Waals surface area contributed by atoms with Crippen LogP contribution in [0.3, 0.4) is 0 Å². The van der Waals surface area contributed by atoms with Crippen LogP contribution in [0.15, 0.2) is 107 Å². The van der Waals surface area contributed by atoms with Gasteiger partial charge in [-0.15, -0.1) is 0 Å². The zero-order valence-electron chi connectivity index (χ0n) is 44.9. The van der Waals surface area contributed by atoms with Crippen molar-refractivity contribution in [2.75, 3.05) is 39.3 Å². The Labute approximate surface area is 446 Å². The van der Waals surface area contributed by atoms with Gasteiger partial charge in [0.25, 0.3) is 0 Å². The first-order valence-corrected chi connectivity index (χ1v) is 27.1. The molecular formula is C58H76BBr2N3O8. The number of hydrogen-bond donors (Lipinski definition) is 0. The van der Waals surface area contributed by atoms with E-state index in [0.717, 1.165) is 41.0 Å². The molecule has 4 aliphatic rings. The summed E-state index contributed by atoms with van der Waals surface area (Å²) in [6.45, 7) is 28.8. The van der Waals surface area contributed by atoms with Crippen molar-refractivity contribution < 1.29 is 37.9 Å². The Balaban J connectivity index is 0.000000202. The second kappa shape index (κ2) is 23.3. The smallest absolute Gasteiger partial charge is 0.444 e. The van der Waals surface area contributed by atoms with E-state index in [-0.39, 0.29) is 36.6 Å². The van der Waals surface area contributed by atoms with E-state index < -0.39 is 16.8 Å². The van der Waals surface area contributed by atoms with Crippen LogP contribution in [0, 0.1) is 0 Å². The minimum absolute atomic E-state index is 0.247. The van der Waals surface area contributed by atoms with Crippen molar-refractivity contribution in [3.05, 3.63) is 123 Å². The van der Waals surface area contributed by atoms with Gasteiger partial charge >= 0.3 is 25.4 Å². The number of rotatable bonds is 5. The van der Waals surface area contributed by atoms with Crippen LogP contribution in [0.1, 0.15) is 126 Å². The van der Waals surface area contributed by atoms with E-state index in [1.165, 1.54) is 49.4 Å². The number of carbonyl (C=O) groups excluding carboxylic acids is 3. The number of carbonyl (C=O) groups is 3. The number of ether oxygens (including phenoxy) is 3. The Morgan fingerprint density at radius 1 is 0.569 bits per heavy atom. The lowest BCUT2D eigenvalue weighted by atomic mass is 9.75. The minimum atomic E-state index is -0.491. The van der Waals surface area contributed by atoms with Crippen molar-refractivity contribution in [3.8, 4) is 0 Å². The van der Waals surface area contributed by atoms with Crippen LogP contribution in [-0.4, -0.2) is 107 Å². The van der Waals surface area contributed by atoms with Gasteiger partial charge in [-0.05, 0) is 171 Å². The lowest BCUT2D eigenvalue weighted by Gasteiger charge is -2.32. The first kappa shape index (κ1) is 56.7. The molecule has 0 bridgehead atoms. The molecule has 388 valence electrons. The van der Waals surface area contributed by atoms with Crippen molar-refractivity contribution in [2.24, 2.45) is 0 Å². The zero-order valence-corrected chi connectivity index (χ0v) is 48.1. The molecule has 4 aromatic rings. The number of halogens is 2. The normalized spacial score (nSPS) is 18.0.